The fourth-order valence-electron chi connectivity index (χ4n) is 2.69. The van der Waals surface area contributed by atoms with Crippen molar-refractivity contribution in [1.82, 2.24) is 5.32 Å². The summed E-state index contributed by atoms with van der Waals surface area (Å²) in [6.45, 7) is 4.43. The summed E-state index contributed by atoms with van der Waals surface area (Å²) in [5, 5.41) is 3.62. The molecule has 0 aromatic heterocycles. The van der Waals surface area contributed by atoms with Crippen molar-refractivity contribution in [2.75, 3.05) is 5.73 Å². The standard InChI is InChI=1S/C15H21ClN2O/c1-15(2)8-4-3-5-13(15)18-14(19)10-6-7-11(16)12(17)9-10/h6-7,9,13H,3-5,8,17H2,1-2H3,(H,18,19). The van der Waals surface area contributed by atoms with Crippen molar-refractivity contribution in [3.63, 3.8) is 0 Å². The molecule has 3 nitrogen and oxygen atoms in total. The van der Waals surface area contributed by atoms with Crippen molar-refractivity contribution in [2.45, 2.75) is 45.6 Å². The molecule has 2 rings (SSSR count). The third kappa shape index (κ3) is 3.21. The summed E-state index contributed by atoms with van der Waals surface area (Å²) in [6.07, 6.45) is 4.62. The predicted octanol–water partition coefficient (Wildman–Crippen LogP) is 3.62. The maximum absolute atomic E-state index is 12.3. The van der Waals surface area contributed by atoms with E-state index in [0.29, 0.717) is 16.3 Å². The van der Waals surface area contributed by atoms with Gasteiger partial charge in [-0.15, -0.1) is 0 Å². The first-order valence-electron chi connectivity index (χ1n) is 6.76. The molecule has 1 aromatic carbocycles. The Balaban J connectivity index is 2.10. The molecule has 0 heterocycles. The third-order valence-corrected chi connectivity index (χ3v) is 4.41. The summed E-state index contributed by atoms with van der Waals surface area (Å²) in [5.41, 5.74) is 6.91. The van der Waals surface area contributed by atoms with Gasteiger partial charge in [0.05, 0.1) is 10.7 Å². The zero-order valence-corrected chi connectivity index (χ0v) is 12.3. The Morgan fingerprint density at radius 2 is 2.16 bits per heavy atom. The number of carbonyl (C=O) groups excluding carboxylic acids is 1. The summed E-state index contributed by atoms with van der Waals surface area (Å²) in [6, 6.07) is 5.24. The van der Waals surface area contributed by atoms with Crippen LogP contribution in [0.4, 0.5) is 5.69 Å². The summed E-state index contributed by atoms with van der Waals surface area (Å²) < 4.78 is 0. The van der Waals surface area contributed by atoms with Crippen LogP contribution in [0, 0.1) is 5.41 Å². The van der Waals surface area contributed by atoms with Crippen LogP contribution >= 0.6 is 11.6 Å². The maximum Gasteiger partial charge on any atom is 0.251 e. The predicted molar refractivity (Wildman–Crippen MR) is 79.4 cm³/mol. The van der Waals surface area contributed by atoms with Gasteiger partial charge in [-0.1, -0.05) is 38.3 Å². The molecule has 104 valence electrons. The average molecular weight is 281 g/mol. The number of nitrogen functional groups attached to an aromatic ring is 1. The molecule has 1 aliphatic carbocycles. The van der Waals surface area contributed by atoms with E-state index in [4.69, 9.17) is 17.3 Å². The largest absolute Gasteiger partial charge is 0.398 e. The first-order chi connectivity index (χ1) is 8.90. The lowest BCUT2D eigenvalue weighted by Crippen LogP contribution is -2.46. The van der Waals surface area contributed by atoms with Gasteiger partial charge in [0, 0.05) is 11.6 Å². The molecule has 1 atom stereocenters. The number of benzene rings is 1. The highest BCUT2D eigenvalue weighted by Gasteiger charge is 2.33. The molecule has 0 spiro atoms. The van der Waals surface area contributed by atoms with E-state index >= 15 is 0 Å². The summed E-state index contributed by atoms with van der Waals surface area (Å²) >= 11 is 5.87. The van der Waals surface area contributed by atoms with E-state index in [1.165, 1.54) is 12.8 Å². The Bertz CT molecular complexity index is 485. The van der Waals surface area contributed by atoms with Crippen LogP contribution in [0.15, 0.2) is 18.2 Å². The van der Waals surface area contributed by atoms with Gasteiger partial charge in [0.25, 0.3) is 5.91 Å². The van der Waals surface area contributed by atoms with E-state index < -0.39 is 0 Å². The summed E-state index contributed by atoms with van der Waals surface area (Å²) in [4.78, 5) is 12.3. The van der Waals surface area contributed by atoms with Crippen LogP contribution in [0.2, 0.25) is 5.02 Å². The minimum absolute atomic E-state index is 0.0664. The average Bonchev–Trinajstić information content (AvgIpc) is 2.35. The Hall–Kier alpha value is -1.22. The van der Waals surface area contributed by atoms with E-state index in [9.17, 15) is 4.79 Å². The molecule has 3 N–H and O–H groups in total. The second kappa shape index (κ2) is 5.41. The number of carbonyl (C=O) groups is 1. The van der Waals surface area contributed by atoms with Crippen LogP contribution in [-0.2, 0) is 0 Å². The van der Waals surface area contributed by atoms with E-state index in [0.717, 1.165) is 12.8 Å². The van der Waals surface area contributed by atoms with Crippen LogP contribution in [0.3, 0.4) is 0 Å². The van der Waals surface area contributed by atoms with Crippen molar-refractivity contribution in [3.8, 4) is 0 Å². The van der Waals surface area contributed by atoms with Gasteiger partial charge in [0.2, 0.25) is 0 Å². The number of hydrogen-bond acceptors (Lipinski definition) is 2. The number of halogens is 1. The van der Waals surface area contributed by atoms with Crippen LogP contribution in [0.25, 0.3) is 0 Å². The van der Waals surface area contributed by atoms with Gasteiger partial charge >= 0.3 is 0 Å². The van der Waals surface area contributed by atoms with Gasteiger partial charge in [0.1, 0.15) is 0 Å². The quantitative estimate of drug-likeness (QED) is 0.813. The van der Waals surface area contributed by atoms with E-state index in [2.05, 4.69) is 19.2 Å². The van der Waals surface area contributed by atoms with Crippen LogP contribution < -0.4 is 11.1 Å². The minimum atomic E-state index is -0.0664. The molecule has 0 bridgehead atoms. The fraction of sp³-hybridized carbons (Fsp3) is 0.533. The molecule has 0 saturated heterocycles. The summed E-state index contributed by atoms with van der Waals surface area (Å²) in [5.74, 6) is -0.0664. The number of nitrogens with one attached hydrogen (secondary N) is 1. The fourth-order valence-corrected chi connectivity index (χ4v) is 2.81. The lowest BCUT2D eigenvalue weighted by Gasteiger charge is -2.39. The molecule has 19 heavy (non-hydrogen) atoms. The Morgan fingerprint density at radius 3 is 2.79 bits per heavy atom. The zero-order chi connectivity index (χ0) is 14.0. The Labute approximate surface area is 119 Å². The van der Waals surface area contributed by atoms with Crippen LogP contribution in [0.5, 0.6) is 0 Å². The smallest absolute Gasteiger partial charge is 0.251 e. The van der Waals surface area contributed by atoms with Crippen molar-refractivity contribution in [3.05, 3.63) is 28.8 Å². The number of nitrogens with two attached hydrogens (primary N) is 1. The van der Waals surface area contributed by atoms with Crippen LogP contribution in [-0.4, -0.2) is 11.9 Å². The zero-order valence-electron chi connectivity index (χ0n) is 11.5. The monoisotopic (exact) mass is 280 g/mol. The van der Waals surface area contributed by atoms with Crippen molar-refractivity contribution in [2.24, 2.45) is 5.41 Å². The van der Waals surface area contributed by atoms with E-state index in [1.807, 2.05) is 0 Å². The summed E-state index contributed by atoms with van der Waals surface area (Å²) in [7, 11) is 0. The van der Waals surface area contributed by atoms with Gasteiger partial charge in [-0.25, -0.2) is 0 Å². The molecule has 4 heteroatoms. The number of rotatable bonds is 2. The number of anilines is 1. The molecule has 1 unspecified atom stereocenters. The van der Waals surface area contributed by atoms with Crippen molar-refractivity contribution >= 4 is 23.2 Å². The van der Waals surface area contributed by atoms with E-state index in [-0.39, 0.29) is 17.4 Å². The third-order valence-electron chi connectivity index (χ3n) is 4.07. The molecule has 1 aromatic rings. The lowest BCUT2D eigenvalue weighted by molar-refractivity contribution is 0.0853. The lowest BCUT2D eigenvalue weighted by atomic mass is 9.73. The molecule has 0 aliphatic heterocycles. The molecule has 1 saturated carbocycles. The van der Waals surface area contributed by atoms with E-state index in [1.54, 1.807) is 18.2 Å². The van der Waals surface area contributed by atoms with Crippen molar-refractivity contribution in [1.29, 1.82) is 0 Å². The second-order valence-electron chi connectivity index (χ2n) is 6.00. The first-order valence-corrected chi connectivity index (χ1v) is 7.14. The highest BCUT2D eigenvalue weighted by molar-refractivity contribution is 6.33. The SMILES string of the molecule is CC1(C)CCCCC1NC(=O)c1ccc(Cl)c(N)c1. The van der Waals surface area contributed by atoms with Gasteiger partial charge in [-0.05, 0) is 36.5 Å². The first kappa shape index (κ1) is 14.2. The molecular weight excluding hydrogens is 260 g/mol. The van der Waals surface area contributed by atoms with Crippen LogP contribution in [0.1, 0.15) is 49.9 Å². The van der Waals surface area contributed by atoms with Gasteiger partial charge in [-0.2, -0.15) is 0 Å². The van der Waals surface area contributed by atoms with Gasteiger partial charge in [-0.3, -0.25) is 4.79 Å². The number of hydrogen-bond donors (Lipinski definition) is 2. The molecule has 1 amide bonds. The normalized spacial score (nSPS) is 21.9. The van der Waals surface area contributed by atoms with Gasteiger partial charge in [0.15, 0.2) is 0 Å². The minimum Gasteiger partial charge on any atom is -0.398 e. The molecule has 0 radical (unpaired) electrons. The maximum atomic E-state index is 12.3. The Morgan fingerprint density at radius 1 is 1.42 bits per heavy atom. The number of amides is 1. The topological polar surface area (TPSA) is 55.1 Å². The Kier molecular flexibility index (Phi) is 4.04. The van der Waals surface area contributed by atoms with Gasteiger partial charge < -0.3 is 11.1 Å². The molecular formula is C15H21ClN2O. The highest BCUT2D eigenvalue weighted by Crippen LogP contribution is 2.35. The second-order valence-corrected chi connectivity index (χ2v) is 6.40. The molecule has 1 aliphatic rings. The van der Waals surface area contributed by atoms with Crippen molar-refractivity contribution < 1.29 is 4.79 Å². The molecule has 1 fully saturated rings. The highest BCUT2D eigenvalue weighted by atomic mass is 35.5.